The van der Waals surface area contributed by atoms with Gasteiger partial charge in [-0.3, -0.25) is 9.59 Å². The fourth-order valence-electron chi connectivity index (χ4n) is 2.39. The van der Waals surface area contributed by atoms with Gasteiger partial charge in [-0.25, -0.2) is 0 Å². The number of hydrogen-bond donors (Lipinski definition) is 1. The third kappa shape index (κ3) is 6.95. The Morgan fingerprint density at radius 3 is 2.17 bits per heavy atom. The average molecular weight is 318 g/mol. The van der Waals surface area contributed by atoms with E-state index in [0.717, 1.165) is 18.5 Å². The van der Waals surface area contributed by atoms with Crippen LogP contribution in [-0.4, -0.2) is 43.8 Å². The first kappa shape index (κ1) is 19.4. The van der Waals surface area contributed by atoms with Gasteiger partial charge in [-0.05, 0) is 31.6 Å². The maximum atomic E-state index is 12.3. The lowest BCUT2D eigenvalue weighted by molar-refractivity contribution is -0.133. The first-order valence-electron chi connectivity index (χ1n) is 8.27. The molecule has 23 heavy (non-hydrogen) atoms. The average Bonchev–Trinajstić information content (AvgIpc) is 2.46. The van der Waals surface area contributed by atoms with Gasteiger partial charge in [-0.15, -0.1) is 0 Å². The Kier molecular flexibility index (Phi) is 7.43. The second kappa shape index (κ2) is 8.82. The topological polar surface area (TPSA) is 49.4 Å². The molecular weight excluding hydrogens is 288 g/mol. The lowest BCUT2D eigenvalue weighted by Crippen LogP contribution is -2.41. The van der Waals surface area contributed by atoms with Crippen molar-refractivity contribution in [3.63, 3.8) is 0 Å². The number of hydrogen-bond acceptors (Lipinski definition) is 3. The Hall–Kier alpha value is -1.68. The van der Waals surface area contributed by atoms with Crippen LogP contribution in [0.15, 0.2) is 24.3 Å². The molecule has 0 unspecified atom stereocenters. The lowest BCUT2D eigenvalue weighted by atomic mass is 9.84. The van der Waals surface area contributed by atoms with E-state index in [9.17, 15) is 9.59 Å². The molecule has 4 nitrogen and oxygen atoms in total. The molecule has 1 rings (SSSR count). The number of aryl methyl sites for hydroxylation is 1. The molecule has 0 heterocycles. The molecule has 4 heteroatoms. The fourth-order valence-corrected chi connectivity index (χ4v) is 2.39. The molecule has 0 saturated heterocycles. The zero-order valence-electron chi connectivity index (χ0n) is 15.1. The van der Waals surface area contributed by atoms with Crippen molar-refractivity contribution < 1.29 is 9.59 Å². The van der Waals surface area contributed by atoms with Crippen LogP contribution in [0, 0.1) is 5.41 Å². The maximum Gasteiger partial charge on any atom is 0.226 e. The highest BCUT2D eigenvalue weighted by Crippen LogP contribution is 2.22. The summed E-state index contributed by atoms with van der Waals surface area (Å²) in [6.45, 7) is 7.16. The third-order valence-corrected chi connectivity index (χ3v) is 3.93. The van der Waals surface area contributed by atoms with Gasteiger partial charge >= 0.3 is 0 Å². The Bertz CT molecular complexity index is 519. The van der Waals surface area contributed by atoms with Crippen LogP contribution in [0.5, 0.6) is 0 Å². The predicted octanol–water partition coefficient (Wildman–Crippen LogP) is 2.45. The molecule has 0 radical (unpaired) electrons. The highest BCUT2D eigenvalue weighted by Gasteiger charge is 2.30. The van der Waals surface area contributed by atoms with Gasteiger partial charge in [0.2, 0.25) is 5.91 Å². The number of benzene rings is 1. The number of carbonyl (C=O) groups is 2. The number of nitrogens with one attached hydrogen (secondary N) is 1. The van der Waals surface area contributed by atoms with Crippen molar-refractivity contribution in [1.82, 2.24) is 10.2 Å². The number of likely N-dealkylation sites (N-methyl/N-ethyl adjacent to an activating group) is 1. The number of amides is 1. The van der Waals surface area contributed by atoms with E-state index in [2.05, 4.69) is 24.4 Å². The van der Waals surface area contributed by atoms with E-state index in [-0.39, 0.29) is 18.1 Å². The summed E-state index contributed by atoms with van der Waals surface area (Å²) in [6, 6.07) is 8.12. The van der Waals surface area contributed by atoms with Crippen molar-refractivity contribution >= 4 is 11.7 Å². The van der Waals surface area contributed by atoms with Crippen molar-refractivity contribution in [2.45, 2.75) is 40.0 Å². The van der Waals surface area contributed by atoms with Crippen LogP contribution in [-0.2, 0) is 22.4 Å². The third-order valence-electron chi connectivity index (χ3n) is 3.93. The zero-order chi connectivity index (χ0) is 17.5. The lowest BCUT2D eigenvalue weighted by Gasteiger charge is -2.23. The van der Waals surface area contributed by atoms with Gasteiger partial charge in [0.1, 0.15) is 5.78 Å². The molecule has 0 spiro atoms. The van der Waals surface area contributed by atoms with Gasteiger partial charge in [0.05, 0.1) is 5.41 Å². The first-order valence-corrected chi connectivity index (χ1v) is 8.27. The SMILES string of the molecule is CCc1ccc(CC(=O)CC(C)(C)C(=O)NCCN(C)C)cc1. The Morgan fingerprint density at radius 1 is 1.09 bits per heavy atom. The highest BCUT2D eigenvalue weighted by molar-refractivity contribution is 5.90. The summed E-state index contributed by atoms with van der Waals surface area (Å²) in [6.07, 6.45) is 1.64. The highest BCUT2D eigenvalue weighted by atomic mass is 16.2. The fraction of sp³-hybridized carbons (Fsp3) is 0.579. The summed E-state index contributed by atoms with van der Waals surface area (Å²) >= 11 is 0. The molecule has 1 aromatic rings. The molecule has 1 amide bonds. The van der Waals surface area contributed by atoms with E-state index in [1.807, 2.05) is 45.0 Å². The minimum atomic E-state index is -0.674. The number of Topliss-reactive ketones (excluding diaryl/α,β-unsaturated/α-hetero) is 1. The van der Waals surface area contributed by atoms with Crippen molar-refractivity contribution in [1.29, 1.82) is 0 Å². The maximum absolute atomic E-state index is 12.3. The van der Waals surface area contributed by atoms with Crippen molar-refractivity contribution in [2.24, 2.45) is 5.41 Å². The van der Waals surface area contributed by atoms with Crippen molar-refractivity contribution in [3.8, 4) is 0 Å². The molecule has 1 N–H and O–H groups in total. The van der Waals surface area contributed by atoms with E-state index >= 15 is 0 Å². The molecule has 0 saturated carbocycles. The molecule has 128 valence electrons. The summed E-state index contributed by atoms with van der Waals surface area (Å²) in [5.74, 6) is 0.0380. The van der Waals surface area contributed by atoms with Crippen LogP contribution in [0.25, 0.3) is 0 Å². The number of carbonyl (C=O) groups excluding carboxylic acids is 2. The van der Waals surface area contributed by atoms with Gasteiger partial charge in [0.25, 0.3) is 0 Å². The predicted molar refractivity (Wildman–Crippen MR) is 94.5 cm³/mol. The van der Waals surface area contributed by atoms with Gasteiger partial charge in [0, 0.05) is 25.9 Å². The standard InChI is InChI=1S/C19H30N2O2/c1-6-15-7-9-16(10-8-15)13-17(22)14-19(2,3)18(23)20-11-12-21(4)5/h7-10H,6,11-14H2,1-5H3,(H,20,23). The number of ketones is 1. The van der Waals surface area contributed by atoms with E-state index in [0.29, 0.717) is 13.0 Å². The van der Waals surface area contributed by atoms with Gasteiger partial charge in [-0.2, -0.15) is 0 Å². The van der Waals surface area contributed by atoms with E-state index in [4.69, 9.17) is 0 Å². The summed E-state index contributed by atoms with van der Waals surface area (Å²) in [7, 11) is 3.93. The Morgan fingerprint density at radius 2 is 1.65 bits per heavy atom. The summed E-state index contributed by atoms with van der Waals surface area (Å²) in [4.78, 5) is 26.5. The monoisotopic (exact) mass is 318 g/mol. The minimum Gasteiger partial charge on any atom is -0.354 e. The molecule has 1 aromatic carbocycles. The second-order valence-electron chi connectivity index (χ2n) is 7.01. The van der Waals surface area contributed by atoms with Crippen LogP contribution in [0.4, 0.5) is 0 Å². The quantitative estimate of drug-likeness (QED) is 0.761. The molecule has 0 aromatic heterocycles. The molecule has 0 atom stereocenters. The van der Waals surface area contributed by atoms with Crippen LogP contribution in [0.3, 0.4) is 0 Å². The summed E-state index contributed by atoms with van der Waals surface area (Å²) in [5.41, 5.74) is 1.60. The van der Waals surface area contributed by atoms with Gasteiger partial charge in [0.15, 0.2) is 0 Å². The van der Waals surface area contributed by atoms with E-state index in [1.54, 1.807) is 0 Å². The smallest absolute Gasteiger partial charge is 0.226 e. The largest absolute Gasteiger partial charge is 0.354 e. The van der Waals surface area contributed by atoms with Crippen molar-refractivity contribution in [3.05, 3.63) is 35.4 Å². The normalized spacial score (nSPS) is 11.6. The van der Waals surface area contributed by atoms with Crippen molar-refractivity contribution in [2.75, 3.05) is 27.2 Å². The van der Waals surface area contributed by atoms with Crippen LogP contribution < -0.4 is 5.32 Å². The molecular formula is C19H30N2O2. The summed E-state index contributed by atoms with van der Waals surface area (Å²) < 4.78 is 0. The number of nitrogens with zero attached hydrogens (tertiary/aromatic N) is 1. The zero-order valence-corrected chi connectivity index (χ0v) is 15.1. The molecule has 0 aliphatic carbocycles. The Labute approximate surface area is 140 Å². The molecule has 0 aliphatic heterocycles. The van der Waals surface area contributed by atoms with Crippen LogP contribution in [0.1, 0.15) is 38.3 Å². The summed E-state index contributed by atoms with van der Waals surface area (Å²) in [5, 5.41) is 2.91. The number of rotatable bonds is 9. The molecule has 0 fully saturated rings. The van der Waals surface area contributed by atoms with Gasteiger partial charge < -0.3 is 10.2 Å². The van der Waals surface area contributed by atoms with E-state index < -0.39 is 5.41 Å². The van der Waals surface area contributed by atoms with E-state index in [1.165, 1.54) is 5.56 Å². The minimum absolute atomic E-state index is 0.0611. The first-order chi connectivity index (χ1) is 10.7. The molecule has 0 bridgehead atoms. The molecule has 0 aliphatic rings. The van der Waals surface area contributed by atoms with Crippen LogP contribution in [0.2, 0.25) is 0 Å². The second-order valence-corrected chi connectivity index (χ2v) is 7.01. The Balaban J connectivity index is 2.51. The van der Waals surface area contributed by atoms with Crippen LogP contribution >= 0.6 is 0 Å². The van der Waals surface area contributed by atoms with Gasteiger partial charge in [-0.1, -0.05) is 45.0 Å².